The summed E-state index contributed by atoms with van der Waals surface area (Å²) >= 11 is 0. The highest BCUT2D eigenvalue weighted by molar-refractivity contribution is 5.13. The minimum Gasteiger partial charge on any atom is -0.383 e. The van der Waals surface area contributed by atoms with Crippen molar-refractivity contribution >= 4 is 0 Å². The molecule has 1 aromatic rings. The first kappa shape index (κ1) is 10.6. The Kier molecular flexibility index (Phi) is 3.38. The summed E-state index contributed by atoms with van der Waals surface area (Å²) in [5.74, 6) is 0.663. The van der Waals surface area contributed by atoms with Crippen LogP contribution in [0.15, 0.2) is 12.4 Å². The first-order chi connectivity index (χ1) is 7.29. The Labute approximate surface area is 90.8 Å². The molecule has 0 aromatic carbocycles. The first-order valence-corrected chi connectivity index (χ1v) is 5.49. The first-order valence-electron chi connectivity index (χ1n) is 5.49. The van der Waals surface area contributed by atoms with Crippen molar-refractivity contribution in [2.45, 2.75) is 12.3 Å². The molecule has 4 heteroatoms. The van der Waals surface area contributed by atoms with E-state index in [0.29, 0.717) is 5.92 Å². The molecule has 0 bridgehead atoms. The maximum absolute atomic E-state index is 5.09. The third-order valence-corrected chi connectivity index (χ3v) is 3.08. The lowest BCUT2D eigenvalue weighted by atomic mass is 10.0. The van der Waals surface area contributed by atoms with E-state index in [1.165, 1.54) is 18.5 Å². The van der Waals surface area contributed by atoms with Crippen molar-refractivity contribution in [3.8, 4) is 0 Å². The summed E-state index contributed by atoms with van der Waals surface area (Å²) < 4.78 is 6.97. The quantitative estimate of drug-likeness (QED) is 0.736. The van der Waals surface area contributed by atoms with Crippen LogP contribution in [-0.2, 0) is 11.8 Å². The molecule has 1 aliphatic rings. The van der Waals surface area contributed by atoms with Crippen molar-refractivity contribution in [3.63, 3.8) is 0 Å². The summed E-state index contributed by atoms with van der Waals surface area (Å²) in [6, 6.07) is 0. The molecule has 1 atom stereocenters. The fourth-order valence-corrected chi connectivity index (χ4v) is 2.18. The van der Waals surface area contributed by atoms with Gasteiger partial charge in [-0.25, -0.2) is 0 Å². The van der Waals surface area contributed by atoms with E-state index in [2.05, 4.69) is 16.2 Å². The second-order valence-electron chi connectivity index (χ2n) is 4.23. The lowest BCUT2D eigenvalue weighted by Crippen LogP contribution is -2.24. The third-order valence-electron chi connectivity index (χ3n) is 3.08. The molecule has 4 nitrogen and oxygen atoms in total. The van der Waals surface area contributed by atoms with E-state index >= 15 is 0 Å². The third kappa shape index (κ3) is 2.58. The molecule has 0 N–H and O–H groups in total. The molecule has 1 unspecified atom stereocenters. The fraction of sp³-hybridized carbons (Fsp3) is 0.727. The van der Waals surface area contributed by atoms with Crippen LogP contribution in [0.2, 0.25) is 0 Å². The minimum absolute atomic E-state index is 0.663. The Bertz CT molecular complexity index is 311. The highest BCUT2D eigenvalue weighted by Crippen LogP contribution is 2.26. The van der Waals surface area contributed by atoms with Crippen LogP contribution in [-0.4, -0.2) is 48.0 Å². The second-order valence-corrected chi connectivity index (χ2v) is 4.23. The zero-order chi connectivity index (χ0) is 10.7. The predicted octanol–water partition coefficient (Wildman–Crippen LogP) is 0.856. The topological polar surface area (TPSA) is 30.3 Å². The minimum atomic E-state index is 0.663. The molecule has 1 saturated heterocycles. The van der Waals surface area contributed by atoms with E-state index in [1.807, 2.05) is 17.9 Å². The van der Waals surface area contributed by atoms with Gasteiger partial charge in [0.1, 0.15) is 0 Å². The van der Waals surface area contributed by atoms with Gasteiger partial charge in [0.2, 0.25) is 0 Å². The summed E-state index contributed by atoms with van der Waals surface area (Å²) in [6.07, 6.45) is 5.37. The van der Waals surface area contributed by atoms with Crippen LogP contribution in [0.4, 0.5) is 0 Å². The predicted molar refractivity (Wildman–Crippen MR) is 58.9 cm³/mol. The Morgan fingerprint density at radius 1 is 1.60 bits per heavy atom. The molecule has 0 saturated carbocycles. The van der Waals surface area contributed by atoms with Crippen molar-refractivity contribution in [3.05, 3.63) is 18.0 Å². The zero-order valence-electron chi connectivity index (χ0n) is 9.52. The van der Waals surface area contributed by atoms with Crippen LogP contribution < -0.4 is 0 Å². The Morgan fingerprint density at radius 3 is 3.13 bits per heavy atom. The summed E-state index contributed by atoms with van der Waals surface area (Å²) in [7, 11) is 3.73. The highest BCUT2D eigenvalue weighted by atomic mass is 16.5. The number of aryl methyl sites for hydroxylation is 1. The molecule has 0 radical (unpaired) electrons. The van der Waals surface area contributed by atoms with Gasteiger partial charge in [-0.15, -0.1) is 0 Å². The molecule has 0 spiro atoms. The largest absolute Gasteiger partial charge is 0.383 e. The summed E-state index contributed by atoms with van der Waals surface area (Å²) in [5, 5.41) is 4.22. The Balaban J connectivity index is 1.87. The standard InChI is InChI=1S/C11H19N3O/c1-13-8-11(7-12-13)10-3-4-14(9-10)5-6-15-2/h7-8,10H,3-6,9H2,1-2H3. The van der Waals surface area contributed by atoms with Gasteiger partial charge in [-0.2, -0.15) is 5.10 Å². The van der Waals surface area contributed by atoms with Gasteiger partial charge in [-0.1, -0.05) is 0 Å². The van der Waals surface area contributed by atoms with Gasteiger partial charge in [0.15, 0.2) is 0 Å². The number of hydrogen-bond donors (Lipinski definition) is 0. The van der Waals surface area contributed by atoms with Crippen molar-refractivity contribution in [2.24, 2.45) is 7.05 Å². The molecule has 2 heterocycles. The Morgan fingerprint density at radius 2 is 2.47 bits per heavy atom. The molecule has 2 rings (SSSR count). The van der Waals surface area contributed by atoms with Gasteiger partial charge in [-0.05, 0) is 18.5 Å². The number of nitrogens with zero attached hydrogens (tertiary/aromatic N) is 3. The zero-order valence-corrected chi connectivity index (χ0v) is 9.52. The molecule has 1 fully saturated rings. The lowest BCUT2D eigenvalue weighted by molar-refractivity contribution is 0.160. The van der Waals surface area contributed by atoms with Crippen LogP contribution in [0.25, 0.3) is 0 Å². The fourth-order valence-electron chi connectivity index (χ4n) is 2.18. The number of ether oxygens (including phenoxy) is 1. The van der Waals surface area contributed by atoms with Gasteiger partial charge in [0.25, 0.3) is 0 Å². The monoisotopic (exact) mass is 209 g/mol. The van der Waals surface area contributed by atoms with Crippen molar-refractivity contribution in [1.82, 2.24) is 14.7 Å². The number of aromatic nitrogens is 2. The molecule has 0 amide bonds. The average molecular weight is 209 g/mol. The van der Waals surface area contributed by atoms with Crippen molar-refractivity contribution in [2.75, 3.05) is 33.4 Å². The van der Waals surface area contributed by atoms with Gasteiger partial charge in [0.05, 0.1) is 12.8 Å². The highest BCUT2D eigenvalue weighted by Gasteiger charge is 2.24. The number of hydrogen-bond acceptors (Lipinski definition) is 3. The van der Waals surface area contributed by atoms with Gasteiger partial charge >= 0.3 is 0 Å². The second kappa shape index (κ2) is 4.77. The van der Waals surface area contributed by atoms with Gasteiger partial charge < -0.3 is 9.64 Å². The van der Waals surface area contributed by atoms with Crippen molar-refractivity contribution in [1.29, 1.82) is 0 Å². The van der Waals surface area contributed by atoms with E-state index in [-0.39, 0.29) is 0 Å². The smallest absolute Gasteiger partial charge is 0.0589 e. The van der Waals surface area contributed by atoms with Crippen LogP contribution >= 0.6 is 0 Å². The van der Waals surface area contributed by atoms with E-state index in [0.717, 1.165) is 19.7 Å². The number of likely N-dealkylation sites (tertiary alicyclic amines) is 1. The van der Waals surface area contributed by atoms with Crippen LogP contribution in [0.1, 0.15) is 17.9 Å². The van der Waals surface area contributed by atoms with Crippen molar-refractivity contribution < 1.29 is 4.74 Å². The van der Waals surface area contributed by atoms with E-state index in [1.54, 1.807) is 7.11 Å². The maximum Gasteiger partial charge on any atom is 0.0589 e. The van der Waals surface area contributed by atoms with Gasteiger partial charge in [0, 0.05) is 39.4 Å². The summed E-state index contributed by atoms with van der Waals surface area (Å²) in [6.45, 7) is 4.21. The van der Waals surface area contributed by atoms with Crippen LogP contribution in [0, 0.1) is 0 Å². The van der Waals surface area contributed by atoms with E-state index in [9.17, 15) is 0 Å². The molecule has 1 aliphatic heterocycles. The maximum atomic E-state index is 5.09. The molecule has 84 valence electrons. The molecule has 0 aliphatic carbocycles. The summed E-state index contributed by atoms with van der Waals surface area (Å²) in [4.78, 5) is 2.46. The normalized spacial score (nSPS) is 22.4. The Hall–Kier alpha value is -0.870. The number of methoxy groups -OCH3 is 1. The molecular formula is C11H19N3O. The van der Waals surface area contributed by atoms with Crippen LogP contribution in [0.3, 0.4) is 0 Å². The molecule has 15 heavy (non-hydrogen) atoms. The van der Waals surface area contributed by atoms with Gasteiger partial charge in [-0.3, -0.25) is 4.68 Å². The van der Waals surface area contributed by atoms with E-state index < -0.39 is 0 Å². The van der Waals surface area contributed by atoms with Crippen LogP contribution in [0.5, 0.6) is 0 Å². The summed E-state index contributed by atoms with van der Waals surface area (Å²) in [5.41, 5.74) is 1.37. The lowest BCUT2D eigenvalue weighted by Gasteiger charge is -2.14. The van der Waals surface area contributed by atoms with E-state index in [4.69, 9.17) is 4.74 Å². The molecule has 1 aromatic heterocycles. The number of rotatable bonds is 4. The average Bonchev–Trinajstić information content (AvgIpc) is 2.83. The molecular weight excluding hydrogens is 190 g/mol. The SMILES string of the molecule is COCCN1CCC(c2cnn(C)c2)C1.